The number of carbonyl (C=O) groups excluding carboxylic acids is 1. The van der Waals surface area contributed by atoms with Crippen LogP contribution in [-0.4, -0.2) is 30.3 Å². The van der Waals surface area contributed by atoms with E-state index in [-0.39, 0.29) is 11.6 Å². The zero-order valence-corrected chi connectivity index (χ0v) is 14.6. The first kappa shape index (κ1) is 17.3. The van der Waals surface area contributed by atoms with Crippen LogP contribution in [0.25, 0.3) is 0 Å². The van der Waals surface area contributed by atoms with E-state index in [1.54, 1.807) is 50.4 Å². The highest BCUT2D eigenvalue weighted by molar-refractivity contribution is 6.04. The third kappa shape index (κ3) is 3.92. The van der Waals surface area contributed by atoms with Gasteiger partial charge in [0.05, 0.1) is 19.9 Å². The molecule has 2 heterocycles. The topological polar surface area (TPSA) is 98.5 Å². The summed E-state index contributed by atoms with van der Waals surface area (Å²) in [6.45, 7) is 1.80. The molecule has 0 spiro atoms. The van der Waals surface area contributed by atoms with Crippen molar-refractivity contribution in [3.05, 3.63) is 54.0 Å². The predicted octanol–water partition coefficient (Wildman–Crippen LogP) is 3.39. The number of amides is 1. The molecule has 2 N–H and O–H groups in total. The second-order valence-electron chi connectivity index (χ2n) is 5.40. The summed E-state index contributed by atoms with van der Waals surface area (Å²) in [6, 6.07) is 10.2. The molecule has 8 nitrogen and oxygen atoms in total. The quantitative estimate of drug-likeness (QED) is 0.700. The van der Waals surface area contributed by atoms with E-state index < -0.39 is 0 Å². The molecule has 0 aliphatic carbocycles. The number of nitrogens with one attached hydrogen (secondary N) is 2. The Morgan fingerprint density at radius 2 is 1.96 bits per heavy atom. The van der Waals surface area contributed by atoms with E-state index in [1.165, 1.54) is 13.3 Å². The molecule has 0 saturated heterocycles. The fourth-order valence-corrected chi connectivity index (χ4v) is 2.29. The summed E-state index contributed by atoms with van der Waals surface area (Å²) in [6.07, 6.45) is 1.54. The number of methoxy groups -OCH3 is 2. The van der Waals surface area contributed by atoms with E-state index in [9.17, 15) is 4.79 Å². The molecule has 26 heavy (non-hydrogen) atoms. The van der Waals surface area contributed by atoms with Crippen LogP contribution in [0.15, 0.2) is 47.1 Å². The summed E-state index contributed by atoms with van der Waals surface area (Å²) in [4.78, 5) is 16.6. The van der Waals surface area contributed by atoms with Gasteiger partial charge in [0.2, 0.25) is 0 Å². The maximum Gasteiger partial charge on any atom is 0.274 e. The summed E-state index contributed by atoms with van der Waals surface area (Å²) in [5, 5.41) is 9.69. The van der Waals surface area contributed by atoms with Crippen LogP contribution in [0.4, 0.5) is 17.2 Å². The number of rotatable bonds is 6. The molecule has 0 aliphatic heterocycles. The first-order chi connectivity index (χ1) is 12.6. The van der Waals surface area contributed by atoms with Gasteiger partial charge in [-0.1, -0.05) is 5.16 Å². The highest BCUT2D eigenvalue weighted by atomic mass is 16.5. The number of aromatic nitrogens is 2. The molecule has 0 radical (unpaired) electrons. The van der Waals surface area contributed by atoms with Crippen LogP contribution >= 0.6 is 0 Å². The molecular weight excluding hydrogens is 336 g/mol. The van der Waals surface area contributed by atoms with Gasteiger partial charge in [0.15, 0.2) is 5.82 Å². The monoisotopic (exact) mass is 354 g/mol. The minimum atomic E-state index is -0.367. The smallest absolute Gasteiger partial charge is 0.274 e. The lowest BCUT2D eigenvalue weighted by Gasteiger charge is -2.11. The lowest BCUT2D eigenvalue weighted by atomic mass is 10.2. The normalized spacial score (nSPS) is 10.3. The fourth-order valence-electron chi connectivity index (χ4n) is 2.29. The first-order valence-electron chi connectivity index (χ1n) is 7.79. The summed E-state index contributed by atoms with van der Waals surface area (Å²) in [5.74, 6) is 1.99. The van der Waals surface area contributed by atoms with Crippen molar-refractivity contribution in [2.24, 2.45) is 0 Å². The molecule has 0 fully saturated rings. The van der Waals surface area contributed by atoms with Gasteiger partial charge in [0, 0.05) is 24.0 Å². The summed E-state index contributed by atoms with van der Waals surface area (Å²) in [5.41, 5.74) is 1.43. The van der Waals surface area contributed by atoms with Crippen molar-refractivity contribution < 1.29 is 18.8 Å². The third-order valence-corrected chi connectivity index (χ3v) is 3.55. The highest BCUT2D eigenvalue weighted by Crippen LogP contribution is 2.29. The molecule has 3 aromatic rings. The Hall–Kier alpha value is -3.55. The van der Waals surface area contributed by atoms with Crippen LogP contribution in [0.1, 0.15) is 16.2 Å². The second-order valence-corrected chi connectivity index (χ2v) is 5.40. The molecule has 0 bridgehead atoms. The molecule has 134 valence electrons. The Bertz CT molecular complexity index is 923. The molecular formula is C18H18N4O4. The van der Waals surface area contributed by atoms with Crippen LogP contribution in [0.5, 0.6) is 11.5 Å². The second kappa shape index (κ2) is 7.56. The molecule has 0 aliphatic rings. The zero-order valence-electron chi connectivity index (χ0n) is 14.6. The van der Waals surface area contributed by atoms with Crippen LogP contribution in [-0.2, 0) is 0 Å². The maximum absolute atomic E-state index is 12.5. The standard InChI is InChI=1S/C18H18N4O4/c1-11-8-17(22-26-11)20-12-6-7-19-15(9-12)18(23)21-14-5-4-13(24-2)10-16(14)25-3/h4-10H,1-3H3,(H,21,23)(H,19,20,22). The number of hydrogen-bond acceptors (Lipinski definition) is 7. The molecule has 3 rings (SSSR count). The Kier molecular flexibility index (Phi) is 5.02. The van der Waals surface area contributed by atoms with E-state index in [4.69, 9.17) is 14.0 Å². The van der Waals surface area contributed by atoms with E-state index in [2.05, 4.69) is 20.8 Å². The van der Waals surface area contributed by atoms with Crippen molar-refractivity contribution >= 4 is 23.1 Å². The van der Waals surface area contributed by atoms with E-state index in [1.807, 2.05) is 0 Å². The number of benzene rings is 1. The van der Waals surface area contributed by atoms with Crippen LogP contribution in [0.3, 0.4) is 0 Å². The van der Waals surface area contributed by atoms with Crippen LogP contribution in [0, 0.1) is 6.92 Å². The summed E-state index contributed by atoms with van der Waals surface area (Å²) < 4.78 is 15.4. The van der Waals surface area contributed by atoms with Crippen molar-refractivity contribution in [1.82, 2.24) is 10.1 Å². The van der Waals surface area contributed by atoms with Gasteiger partial charge in [-0.2, -0.15) is 0 Å². The zero-order chi connectivity index (χ0) is 18.5. The van der Waals surface area contributed by atoms with Gasteiger partial charge in [0.1, 0.15) is 23.0 Å². The van der Waals surface area contributed by atoms with Crippen molar-refractivity contribution in [2.45, 2.75) is 6.92 Å². The van der Waals surface area contributed by atoms with Gasteiger partial charge >= 0.3 is 0 Å². The summed E-state index contributed by atoms with van der Waals surface area (Å²) >= 11 is 0. The van der Waals surface area contributed by atoms with Gasteiger partial charge in [0.25, 0.3) is 5.91 Å². The maximum atomic E-state index is 12.5. The van der Waals surface area contributed by atoms with Crippen LogP contribution in [0.2, 0.25) is 0 Å². The fraction of sp³-hybridized carbons (Fsp3) is 0.167. The predicted molar refractivity (Wildman–Crippen MR) is 96.3 cm³/mol. The van der Waals surface area contributed by atoms with Crippen molar-refractivity contribution in [2.75, 3.05) is 24.9 Å². The van der Waals surface area contributed by atoms with E-state index >= 15 is 0 Å². The van der Waals surface area contributed by atoms with E-state index in [0.717, 1.165) is 0 Å². The van der Waals surface area contributed by atoms with Crippen LogP contribution < -0.4 is 20.1 Å². The average molecular weight is 354 g/mol. The molecule has 2 aromatic heterocycles. The number of nitrogens with zero attached hydrogens (tertiary/aromatic N) is 2. The Balaban J connectivity index is 1.77. The number of ether oxygens (including phenoxy) is 2. The van der Waals surface area contributed by atoms with Gasteiger partial charge in [-0.25, -0.2) is 0 Å². The SMILES string of the molecule is COc1ccc(NC(=O)c2cc(Nc3cc(C)on3)ccn2)c(OC)c1. The average Bonchev–Trinajstić information content (AvgIpc) is 3.06. The van der Waals surface area contributed by atoms with Gasteiger partial charge in [-0.15, -0.1) is 0 Å². The Labute approximate surface area is 150 Å². The molecule has 8 heteroatoms. The number of aryl methyl sites for hydroxylation is 1. The van der Waals surface area contributed by atoms with Gasteiger partial charge in [-0.3, -0.25) is 9.78 Å². The molecule has 1 aromatic carbocycles. The number of anilines is 3. The Morgan fingerprint density at radius 1 is 1.12 bits per heavy atom. The minimum absolute atomic E-state index is 0.244. The number of carbonyl (C=O) groups is 1. The largest absolute Gasteiger partial charge is 0.497 e. The van der Waals surface area contributed by atoms with Gasteiger partial charge < -0.3 is 24.6 Å². The van der Waals surface area contributed by atoms with Crippen molar-refractivity contribution in [3.63, 3.8) is 0 Å². The molecule has 0 atom stereocenters. The first-order valence-corrected chi connectivity index (χ1v) is 7.79. The lowest BCUT2D eigenvalue weighted by molar-refractivity contribution is 0.102. The lowest BCUT2D eigenvalue weighted by Crippen LogP contribution is -2.14. The van der Waals surface area contributed by atoms with Crippen molar-refractivity contribution in [3.8, 4) is 11.5 Å². The number of pyridine rings is 1. The third-order valence-electron chi connectivity index (χ3n) is 3.55. The van der Waals surface area contributed by atoms with Crippen molar-refractivity contribution in [1.29, 1.82) is 0 Å². The number of hydrogen-bond donors (Lipinski definition) is 2. The van der Waals surface area contributed by atoms with Gasteiger partial charge in [-0.05, 0) is 31.2 Å². The Morgan fingerprint density at radius 3 is 2.65 bits per heavy atom. The summed E-state index contributed by atoms with van der Waals surface area (Å²) in [7, 11) is 3.08. The van der Waals surface area contributed by atoms with E-state index in [0.29, 0.717) is 34.5 Å². The molecule has 0 unspecified atom stereocenters. The molecule has 1 amide bonds. The molecule has 0 saturated carbocycles. The minimum Gasteiger partial charge on any atom is -0.497 e. The highest BCUT2D eigenvalue weighted by Gasteiger charge is 2.13.